The summed E-state index contributed by atoms with van der Waals surface area (Å²) in [5.41, 5.74) is 0.587. The minimum Gasteiger partial charge on any atom is -0.512 e. The highest BCUT2D eigenvalue weighted by Gasteiger charge is 2.43. The molecule has 4 nitrogen and oxygen atoms in total. The minimum atomic E-state index is -0.779. The molecule has 0 fully saturated rings. The van der Waals surface area contributed by atoms with Crippen molar-refractivity contribution in [2.45, 2.75) is 59.3 Å². The fraction of sp³-hybridized carbons (Fsp3) is 0.407. The Kier molecular flexibility index (Phi) is 5.07. The first kappa shape index (κ1) is 21.4. The molecular formula is C27H30O4. The van der Waals surface area contributed by atoms with Gasteiger partial charge in [0.25, 0.3) is 0 Å². The van der Waals surface area contributed by atoms with Crippen LogP contribution in [0.15, 0.2) is 65.1 Å². The molecule has 0 aliphatic heterocycles. The van der Waals surface area contributed by atoms with Gasteiger partial charge in [-0.05, 0) is 27.2 Å². The highest BCUT2D eigenvalue weighted by Crippen LogP contribution is 2.48. The van der Waals surface area contributed by atoms with Crippen LogP contribution in [-0.2, 0) is 9.59 Å². The molecule has 31 heavy (non-hydrogen) atoms. The van der Waals surface area contributed by atoms with Crippen LogP contribution in [0.4, 0.5) is 0 Å². The summed E-state index contributed by atoms with van der Waals surface area (Å²) in [5.74, 6) is -1.05. The summed E-state index contributed by atoms with van der Waals surface area (Å²) in [6, 6.07) is 13.6. The number of aliphatic hydroxyl groups excluding tert-OH is 2. The van der Waals surface area contributed by atoms with Crippen molar-refractivity contribution in [3.63, 3.8) is 0 Å². The first-order chi connectivity index (χ1) is 14.5. The Bertz CT molecular complexity index is 1090. The quantitative estimate of drug-likeness (QED) is 0.611. The number of fused-ring (bicyclic) bond motifs is 1. The maximum absolute atomic E-state index is 13.3. The van der Waals surface area contributed by atoms with E-state index >= 15 is 0 Å². The maximum atomic E-state index is 13.3. The van der Waals surface area contributed by atoms with Crippen molar-refractivity contribution < 1.29 is 19.8 Å². The van der Waals surface area contributed by atoms with E-state index in [2.05, 4.69) is 0 Å². The number of hydrogen-bond acceptors (Lipinski definition) is 4. The zero-order chi connectivity index (χ0) is 22.6. The summed E-state index contributed by atoms with van der Waals surface area (Å²) in [7, 11) is 0. The van der Waals surface area contributed by atoms with E-state index in [9.17, 15) is 19.8 Å². The van der Waals surface area contributed by atoms with E-state index in [1.807, 2.05) is 70.2 Å². The van der Waals surface area contributed by atoms with Gasteiger partial charge < -0.3 is 10.2 Å². The van der Waals surface area contributed by atoms with Crippen LogP contribution in [0.5, 0.6) is 0 Å². The fourth-order valence-corrected chi connectivity index (χ4v) is 5.22. The van der Waals surface area contributed by atoms with Gasteiger partial charge in [-0.3, -0.25) is 9.59 Å². The number of carbonyl (C=O) groups is 2. The highest BCUT2D eigenvalue weighted by atomic mass is 16.3. The lowest BCUT2D eigenvalue weighted by molar-refractivity contribution is -0.119. The third-order valence-electron chi connectivity index (χ3n) is 6.50. The largest absolute Gasteiger partial charge is 0.512 e. The van der Waals surface area contributed by atoms with E-state index in [1.54, 1.807) is 0 Å². The maximum Gasteiger partial charge on any atom is 0.163 e. The Morgan fingerprint density at radius 3 is 1.71 bits per heavy atom. The lowest BCUT2D eigenvalue weighted by Crippen LogP contribution is -2.33. The molecule has 0 atom stereocenters. The van der Waals surface area contributed by atoms with Gasteiger partial charge in [-0.15, -0.1) is 0 Å². The van der Waals surface area contributed by atoms with Crippen LogP contribution < -0.4 is 0 Å². The average molecular weight is 419 g/mol. The molecule has 2 aliphatic carbocycles. The van der Waals surface area contributed by atoms with Gasteiger partial charge in [0.05, 0.1) is 0 Å². The molecule has 0 unspecified atom stereocenters. The zero-order valence-electron chi connectivity index (χ0n) is 18.7. The number of benzene rings is 2. The molecule has 2 aliphatic rings. The SMILES string of the molecule is CC1(C)CC(=O)C(C(C2=C(O)CC(C)(C)CC2=O)c2cccc3ccccc23)=C(O)C1. The molecule has 4 rings (SSSR count). The van der Waals surface area contributed by atoms with Crippen LogP contribution in [0.25, 0.3) is 10.8 Å². The molecule has 0 saturated carbocycles. The van der Waals surface area contributed by atoms with E-state index in [4.69, 9.17) is 0 Å². The molecule has 0 heterocycles. The first-order valence-electron chi connectivity index (χ1n) is 10.9. The molecule has 0 spiro atoms. The Hall–Kier alpha value is -2.88. The van der Waals surface area contributed by atoms with Gasteiger partial charge in [0.15, 0.2) is 11.6 Å². The van der Waals surface area contributed by atoms with Crippen LogP contribution in [0.1, 0.15) is 64.9 Å². The normalized spacial score (nSPS) is 21.3. The second-order valence-electron chi connectivity index (χ2n) is 10.6. The predicted octanol–water partition coefficient (Wildman–Crippen LogP) is 6.33. The van der Waals surface area contributed by atoms with E-state index in [0.717, 1.165) is 16.3 Å². The molecule has 0 bridgehead atoms. The number of aliphatic hydroxyl groups is 2. The van der Waals surface area contributed by atoms with E-state index in [0.29, 0.717) is 25.7 Å². The molecule has 0 saturated heterocycles. The molecule has 162 valence electrons. The summed E-state index contributed by atoms with van der Waals surface area (Å²) in [6.07, 6.45) is 1.31. The number of hydrogen-bond donors (Lipinski definition) is 2. The smallest absolute Gasteiger partial charge is 0.163 e. The Labute approximate surface area is 183 Å². The summed E-state index contributed by atoms with van der Waals surface area (Å²) in [4.78, 5) is 26.6. The monoisotopic (exact) mass is 418 g/mol. The Balaban J connectivity index is 2.01. The van der Waals surface area contributed by atoms with Crippen molar-refractivity contribution in [1.29, 1.82) is 0 Å². The van der Waals surface area contributed by atoms with Crippen LogP contribution in [0, 0.1) is 10.8 Å². The molecule has 2 aromatic carbocycles. The third kappa shape index (κ3) is 3.91. The van der Waals surface area contributed by atoms with Gasteiger partial charge in [-0.1, -0.05) is 70.2 Å². The molecular weight excluding hydrogens is 388 g/mol. The summed E-state index contributed by atoms with van der Waals surface area (Å²) < 4.78 is 0. The average Bonchev–Trinajstić information content (AvgIpc) is 2.63. The van der Waals surface area contributed by atoms with Crippen molar-refractivity contribution >= 4 is 22.3 Å². The van der Waals surface area contributed by atoms with Crippen molar-refractivity contribution in [2.75, 3.05) is 0 Å². The third-order valence-corrected chi connectivity index (χ3v) is 6.50. The minimum absolute atomic E-state index is 0.0251. The highest BCUT2D eigenvalue weighted by molar-refractivity contribution is 6.06. The van der Waals surface area contributed by atoms with E-state index in [-0.39, 0.29) is 45.1 Å². The van der Waals surface area contributed by atoms with Gasteiger partial charge >= 0.3 is 0 Å². The topological polar surface area (TPSA) is 74.6 Å². The van der Waals surface area contributed by atoms with Crippen molar-refractivity contribution in [3.05, 3.63) is 70.7 Å². The molecule has 2 N–H and O–H groups in total. The fourth-order valence-electron chi connectivity index (χ4n) is 5.22. The van der Waals surface area contributed by atoms with Gasteiger partial charge in [-0.2, -0.15) is 0 Å². The van der Waals surface area contributed by atoms with E-state index in [1.165, 1.54) is 0 Å². The lowest BCUT2D eigenvalue weighted by atomic mass is 9.66. The number of carbonyl (C=O) groups excluding carboxylic acids is 2. The van der Waals surface area contributed by atoms with Gasteiger partial charge in [0, 0.05) is 42.7 Å². The number of allylic oxidation sites excluding steroid dienone is 4. The van der Waals surface area contributed by atoms with Gasteiger partial charge in [-0.25, -0.2) is 0 Å². The van der Waals surface area contributed by atoms with Crippen LogP contribution >= 0.6 is 0 Å². The Morgan fingerprint density at radius 2 is 1.19 bits per heavy atom. The number of Topliss-reactive ketones (excluding diaryl/α,β-unsaturated/α-hetero) is 2. The van der Waals surface area contributed by atoms with E-state index < -0.39 is 5.92 Å². The standard InChI is InChI=1S/C27H30O4/c1-26(2)12-19(28)24(20(29)13-26)23(25-21(30)14-27(3,4)15-22(25)31)18-11-7-9-16-8-5-6-10-17(16)18/h5-11,23,28,30H,12-15H2,1-4H3. The van der Waals surface area contributed by atoms with Crippen LogP contribution in [0.2, 0.25) is 0 Å². The second-order valence-corrected chi connectivity index (χ2v) is 10.6. The van der Waals surface area contributed by atoms with Crippen molar-refractivity contribution in [2.24, 2.45) is 10.8 Å². The molecule has 0 aromatic heterocycles. The zero-order valence-corrected chi connectivity index (χ0v) is 18.7. The summed E-state index contributed by atoms with van der Waals surface area (Å²) in [6.45, 7) is 7.82. The molecule has 0 amide bonds. The first-order valence-corrected chi connectivity index (χ1v) is 10.9. The van der Waals surface area contributed by atoms with Crippen LogP contribution in [0.3, 0.4) is 0 Å². The number of ketones is 2. The van der Waals surface area contributed by atoms with Crippen molar-refractivity contribution in [3.8, 4) is 0 Å². The second kappa shape index (κ2) is 7.37. The summed E-state index contributed by atoms with van der Waals surface area (Å²) in [5, 5.41) is 23.9. The van der Waals surface area contributed by atoms with Gasteiger partial charge in [0.1, 0.15) is 11.5 Å². The van der Waals surface area contributed by atoms with Crippen LogP contribution in [-0.4, -0.2) is 21.8 Å². The summed E-state index contributed by atoms with van der Waals surface area (Å²) >= 11 is 0. The lowest BCUT2D eigenvalue weighted by Gasteiger charge is -2.36. The van der Waals surface area contributed by atoms with Crippen molar-refractivity contribution in [1.82, 2.24) is 0 Å². The predicted molar refractivity (Wildman–Crippen MR) is 122 cm³/mol. The Morgan fingerprint density at radius 1 is 0.710 bits per heavy atom. The van der Waals surface area contributed by atoms with Gasteiger partial charge in [0.2, 0.25) is 0 Å². The molecule has 0 radical (unpaired) electrons. The molecule has 2 aromatic rings. The molecule has 4 heteroatoms. The number of rotatable bonds is 3.